The number of hydrogen-bond acceptors (Lipinski definition) is 5. The molecule has 30 heavy (non-hydrogen) atoms. The van der Waals surface area contributed by atoms with Crippen LogP contribution in [0.2, 0.25) is 10.0 Å². The fourth-order valence-corrected chi connectivity index (χ4v) is 3.40. The molecule has 0 radical (unpaired) electrons. The number of aromatic nitrogens is 2. The quantitative estimate of drug-likeness (QED) is 0.382. The molecule has 158 valence electrons. The highest BCUT2D eigenvalue weighted by Gasteiger charge is 2.19. The zero-order valence-corrected chi connectivity index (χ0v) is 18.5. The summed E-state index contributed by atoms with van der Waals surface area (Å²) in [6.07, 6.45) is 2.29. The van der Waals surface area contributed by atoms with Crippen LogP contribution in [0.25, 0.3) is 0 Å². The third-order valence-corrected chi connectivity index (χ3v) is 5.05. The highest BCUT2D eigenvalue weighted by molar-refractivity contribution is 6.36. The first-order valence-corrected chi connectivity index (χ1v) is 10.2. The van der Waals surface area contributed by atoms with Crippen molar-refractivity contribution in [2.75, 3.05) is 7.11 Å². The number of carbonyl (C=O) groups excluding carboxylic acids is 1. The molecule has 0 unspecified atom stereocenters. The number of aryl methyl sites for hydroxylation is 2. The van der Waals surface area contributed by atoms with Gasteiger partial charge in [0.25, 0.3) is 0 Å². The van der Waals surface area contributed by atoms with Crippen molar-refractivity contribution in [3.63, 3.8) is 0 Å². The second-order valence-electron chi connectivity index (χ2n) is 6.61. The van der Waals surface area contributed by atoms with E-state index in [1.807, 2.05) is 31.2 Å². The van der Waals surface area contributed by atoms with Gasteiger partial charge in [0.2, 0.25) is 5.88 Å². The molecule has 0 aliphatic rings. The van der Waals surface area contributed by atoms with E-state index in [1.54, 1.807) is 26.3 Å². The van der Waals surface area contributed by atoms with Crippen LogP contribution in [0.1, 0.15) is 35.0 Å². The first-order chi connectivity index (χ1) is 14.5. The SMILES string of the molecule is CCCc1nn(C)c(Oc2cc(OCc3ccc(OC)cc3)c(Cl)cc2Cl)c1C=O. The van der Waals surface area contributed by atoms with Crippen molar-refractivity contribution in [1.29, 1.82) is 0 Å². The number of nitrogens with zero attached hydrogens (tertiary/aromatic N) is 2. The number of carbonyl (C=O) groups is 1. The summed E-state index contributed by atoms with van der Waals surface area (Å²) in [6.45, 7) is 2.32. The molecule has 3 rings (SSSR count). The molecule has 1 heterocycles. The van der Waals surface area contributed by atoms with Gasteiger partial charge in [-0.1, -0.05) is 48.7 Å². The molecule has 0 N–H and O–H groups in total. The van der Waals surface area contributed by atoms with E-state index >= 15 is 0 Å². The Morgan fingerprint density at radius 3 is 2.43 bits per heavy atom. The highest BCUT2D eigenvalue weighted by atomic mass is 35.5. The molecular formula is C22H22Cl2N2O4. The van der Waals surface area contributed by atoms with Crippen molar-refractivity contribution in [3.8, 4) is 23.1 Å². The predicted molar refractivity (Wildman–Crippen MR) is 116 cm³/mol. The molecule has 0 fully saturated rings. The standard InChI is InChI=1S/C22H22Cl2N2O4/c1-4-5-19-16(12-27)22(26(2)25-19)30-21-11-20(17(23)10-18(21)24)29-13-14-6-8-15(28-3)9-7-14/h6-12H,4-5,13H2,1-3H3. The minimum absolute atomic E-state index is 0.298. The summed E-state index contributed by atoms with van der Waals surface area (Å²) in [5.74, 6) is 1.82. The lowest BCUT2D eigenvalue weighted by molar-refractivity contribution is 0.112. The lowest BCUT2D eigenvalue weighted by atomic mass is 10.2. The Balaban J connectivity index is 1.83. The molecule has 2 aromatic carbocycles. The van der Waals surface area contributed by atoms with E-state index in [9.17, 15) is 4.79 Å². The average molecular weight is 449 g/mol. The molecule has 0 aliphatic heterocycles. The molecule has 8 heteroatoms. The van der Waals surface area contributed by atoms with Crippen molar-refractivity contribution in [2.45, 2.75) is 26.4 Å². The minimum Gasteiger partial charge on any atom is -0.497 e. The van der Waals surface area contributed by atoms with E-state index in [2.05, 4.69) is 5.10 Å². The summed E-state index contributed by atoms with van der Waals surface area (Å²) < 4.78 is 18.5. The van der Waals surface area contributed by atoms with Gasteiger partial charge in [-0.05, 0) is 30.2 Å². The van der Waals surface area contributed by atoms with Crippen molar-refractivity contribution < 1.29 is 19.0 Å². The number of rotatable bonds is 9. The molecule has 0 bridgehead atoms. The maximum absolute atomic E-state index is 11.6. The lowest BCUT2D eigenvalue weighted by Crippen LogP contribution is -1.99. The summed E-state index contributed by atoms with van der Waals surface area (Å²) in [4.78, 5) is 11.6. The molecule has 3 aromatic rings. The summed E-state index contributed by atoms with van der Waals surface area (Å²) in [7, 11) is 3.33. The van der Waals surface area contributed by atoms with Crippen LogP contribution in [0, 0.1) is 0 Å². The lowest BCUT2D eigenvalue weighted by Gasteiger charge is -2.13. The Hall–Kier alpha value is -2.70. The van der Waals surface area contributed by atoms with E-state index in [-0.39, 0.29) is 0 Å². The third kappa shape index (κ3) is 4.89. The van der Waals surface area contributed by atoms with Gasteiger partial charge in [0, 0.05) is 13.1 Å². The van der Waals surface area contributed by atoms with E-state index in [1.165, 1.54) is 4.68 Å². The van der Waals surface area contributed by atoms with Crippen LogP contribution in [-0.2, 0) is 20.1 Å². The summed E-state index contributed by atoms with van der Waals surface area (Å²) in [5, 5.41) is 5.03. The van der Waals surface area contributed by atoms with Crippen LogP contribution >= 0.6 is 23.2 Å². The van der Waals surface area contributed by atoms with Gasteiger partial charge >= 0.3 is 0 Å². The van der Waals surface area contributed by atoms with Crippen molar-refractivity contribution in [1.82, 2.24) is 9.78 Å². The number of benzene rings is 2. The van der Waals surface area contributed by atoms with Crippen LogP contribution in [0.5, 0.6) is 23.1 Å². The van der Waals surface area contributed by atoms with Gasteiger partial charge in [0.05, 0.1) is 28.4 Å². The maximum atomic E-state index is 11.6. The summed E-state index contributed by atoms with van der Waals surface area (Å²) >= 11 is 12.6. The van der Waals surface area contributed by atoms with Gasteiger partial charge in [-0.15, -0.1) is 0 Å². The number of hydrogen-bond donors (Lipinski definition) is 0. The van der Waals surface area contributed by atoms with E-state index in [0.717, 1.165) is 24.0 Å². The normalized spacial score (nSPS) is 10.7. The zero-order valence-electron chi connectivity index (χ0n) is 16.9. The number of aldehydes is 1. The van der Waals surface area contributed by atoms with Gasteiger partial charge in [-0.2, -0.15) is 5.10 Å². The fourth-order valence-electron chi connectivity index (χ4n) is 2.93. The fraction of sp³-hybridized carbons (Fsp3) is 0.273. The molecule has 0 amide bonds. The number of methoxy groups -OCH3 is 1. The van der Waals surface area contributed by atoms with Crippen LogP contribution < -0.4 is 14.2 Å². The largest absolute Gasteiger partial charge is 0.497 e. The molecule has 0 saturated heterocycles. The first-order valence-electron chi connectivity index (χ1n) is 9.40. The molecule has 1 aromatic heterocycles. The molecule has 0 atom stereocenters. The Morgan fingerprint density at radius 1 is 1.10 bits per heavy atom. The summed E-state index contributed by atoms with van der Waals surface area (Å²) in [5.41, 5.74) is 2.04. The Labute approximate surface area is 185 Å². The van der Waals surface area contributed by atoms with Gasteiger partial charge in [0.15, 0.2) is 12.0 Å². The van der Waals surface area contributed by atoms with Crippen molar-refractivity contribution in [3.05, 3.63) is 63.3 Å². The molecule has 0 spiro atoms. The smallest absolute Gasteiger partial charge is 0.228 e. The zero-order chi connectivity index (χ0) is 21.7. The average Bonchev–Trinajstić information content (AvgIpc) is 3.03. The van der Waals surface area contributed by atoms with Crippen LogP contribution in [0.15, 0.2) is 36.4 Å². The van der Waals surface area contributed by atoms with E-state index in [4.69, 9.17) is 37.4 Å². The number of ether oxygens (including phenoxy) is 3. The highest BCUT2D eigenvalue weighted by Crippen LogP contribution is 2.39. The monoisotopic (exact) mass is 448 g/mol. The molecular weight excluding hydrogens is 427 g/mol. The molecule has 0 aliphatic carbocycles. The van der Waals surface area contributed by atoms with Crippen molar-refractivity contribution >= 4 is 29.5 Å². The Kier molecular flexibility index (Phi) is 7.24. The predicted octanol–water partition coefficient (Wildman–Crippen LogP) is 5.87. The minimum atomic E-state index is 0.298. The van der Waals surface area contributed by atoms with Gasteiger partial charge in [-0.3, -0.25) is 4.79 Å². The molecule has 6 nitrogen and oxygen atoms in total. The summed E-state index contributed by atoms with van der Waals surface area (Å²) in [6, 6.07) is 10.7. The first kappa shape index (κ1) is 22.0. The number of halogens is 2. The van der Waals surface area contributed by atoms with Gasteiger partial charge in [0.1, 0.15) is 18.1 Å². The van der Waals surface area contributed by atoms with E-state index < -0.39 is 0 Å². The van der Waals surface area contributed by atoms with Crippen molar-refractivity contribution in [2.24, 2.45) is 7.05 Å². The van der Waals surface area contributed by atoms with Gasteiger partial charge < -0.3 is 14.2 Å². The maximum Gasteiger partial charge on any atom is 0.228 e. The van der Waals surface area contributed by atoms with Crippen LogP contribution in [-0.4, -0.2) is 23.2 Å². The molecule has 0 saturated carbocycles. The van der Waals surface area contributed by atoms with Crippen LogP contribution in [0.4, 0.5) is 0 Å². The topological polar surface area (TPSA) is 62.6 Å². The Bertz CT molecular complexity index is 1030. The van der Waals surface area contributed by atoms with E-state index in [0.29, 0.717) is 51.7 Å². The van der Waals surface area contributed by atoms with Crippen LogP contribution in [0.3, 0.4) is 0 Å². The third-order valence-electron chi connectivity index (χ3n) is 4.46. The van der Waals surface area contributed by atoms with Gasteiger partial charge in [-0.25, -0.2) is 4.68 Å². The second-order valence-corrected chi connectivity index (χ2v) is 7.42. The Morgan fingerprint density at radius 2 is 1.80 bits per heavy atom. The second kappa shape index (κ2) is 9.87.